The number of hydrogen-bond donors (Lipinski definition) is 0. The lowest BCUT2D eigenvalue weighted by Gasteiger charge is -2.06. The number of aromatic nitrogens is 2. The lowest BCUT2D eigenvalue weighted by atomic mass is 10.1. The normalized spacial score (nSPS) is 10.6. The van der Waals surface area contributed by atoms with Crippen LogP contribution in [0, 0.1) is 0 Å². The molecule has 6 heteroatoms. The molecule has 0 N–H and O–H groups in total. The van der Waals surface area contributed by atoms with Gasteiger partial charge in [0.1, 0.15) is 5.75 Å². The lowest BCUT2D eigenvalue weighted by molar-refractivity contribution is 0.0600. The molecule has 3 rings (SSSR count). The Hall–Kier alpha value is -3.15. The minimum absolute atomic E-state index is 0.384. The Morgan fingerprint density at radius 3 is 2.07 bits per heavy atom. The maximum atomic E-state index is 11.5. The van der Waals surface area contributed by atoms with Crippen LogP contribution < -0.4 is 4.74 Å². The Morgan fingerprint density at radius 2 is 1.50 bits per heavy atom. The molecule has 0 aliphatic heterocycles. The third-order valence-electron chi connectivity index (χ3n) is 4.35. The van der Waals surface area contributed by atoms with E-state index in [-0.39, 0.29) is 5.97 Å². The molecule has 0 amide bonds. The molecule has 146 valence electrons. The number of unbranched alkanes of at least 4 members (excludes halogenated alkanes) is 3. The van der Waals surface area contributed by atoms with Crippen LogP contribution in [0.4, 0.5) is 0 Å². The molecule has 3 aromatic rings. The van der Waals surface area contributed by atoms with Crippen molar-refractivity contribution in [3.8, 4) is 28.7 Å². The van der Waals surface area contributed by atoms with E-state index < -0.39 is 0 Å². The van der Waals surface area contributed by atoms with E-state index in [4.69, 9.17) is 13.9 Å². The van der Waals surface area contributed by atoms with Gasteiger partial charge in [-0.3, -0.25) is 0 Å². The number of rotatable bonds is 9. The monoisotopic (exact) mass is 380 g/mol. The zero-order valence-electron chi connectivity index (χ0n) is 16.2. The van der Waals surface area contributed by atoms with E-state index in [0.717, 1.165) is 29.9 Å². The molecule has 0 atom stereocenters. The summed E-state index contributed by atoms with van der Waals surface area (Å²) in [4.78, 5) is 11.5. The highest BCUT2D eigenvalue weighted by atomic mass is 16.5. The number of hydrogen-bond acceptors (Lipinski definition) is 6. The average molecular weight is 380 g/mol. The van der Waals surface area contributed by atoms with Crippen molar-refractivity contribution in [2.24, 2.45) is 0 Å². The molecule has 0 unspecified atom stereocenters. The van der Waals surface area contributed by atoms with Crippen molar-refractivity contribution in [3.63, 3.8) is 0 Å². The van der Waals surface area contributed by atoms with Gasteiger partial charge in [-0.25, -0.2) is 4.79 Å². The Bertz CT molecular complexity index is 886. The van der Waals surface area contributed by atoms with E-state index >= 15 is 0 Å². The first-order valence-electron chi connectivity index (χ1n) is 9.46. The van der Waals surface area contributed by atoms with Crippen molar-refractivity contribution in [1.29, 1.82) is 0 Å². The smallest absolute Gasteiger partial charge is 0.337 e. The Balaban J connectivity index is 1.62. The van der Waals surface area contributed by atoms with Crippen molar-refractivity contribution in [2.45, 2.75) is 32.6 Å². The number of carbonyl (C=O) groups excluding carboxylic acids is 1. The fourth-order valence-electron chi connectivity index (χ4n) is 2.74. The molecular formula is C22H24N2O4. The van der Waals surface area contributed by atoms with E-state index in [1.807, 2.05) is 24.3 Å². The fourth-order valence-corrected chi connectivity index (χ4v) is 2.74. The van der Waals surface area contributed by atoms with Crippen LogP contribution in [-0.4, -0.2) is 29.9 Å². The molecule has 0 radical (unpaired) electrons. The highest BCUT2D eigenvalue weighted by molar-refractivity contribution is 5.89. The zero-order chi connectivity index (χ0) is 19.8. The highest BCUT2D eigenvalue weighted by Gasteiger charge is 2.12. The third kappa shape index (κ3) is 4.97. The predicted octanol–water partition coefficient (Wildman–Crippen LogP) is 5.15. The Kier molecular flexibility index (Phi) is 6.78. The molecule has 1 aromatic heterocycles. The van der Waals surface area contributed by atoms with Gasteiger partial charge in [0.2, 0.25) is 11.8 Å². The first-order chi connectivity index (χ1) is 13.7. The number of methoxy groups -OCH3 is 1. The number of nitrogens with zero attached hydrogens (tertiary/aromatic N) is 2. The van der Waals surface area contributed by atoms with Gasteiger partial charge in [0.15, 0.2) is 0 Å². The molecule has 2 aromatic carbocycles. The van der Waals surface area contributed by atoms with Crippen molar-refractivity contribution in [1.82, 2.24) is 10.2 Å². The molecule has 0 saturated carbocycles. The van der Waals surface area contributed by atoms with Gasteiger partial charge in [-0.2, -0.15) is 0 Å². The molecule has 0 bridgehead atoms. The summed E-state index contributed by atoms with van der Waals surface area (Å²) in [5.41, 5.74) is 2.03. The van der Waals surface area contributed by atoms with E-state index in [1.54, 1.807) is 24.3 Å². The number of carbonyl (C=O) groups is 1. The highest BCUT2D eigenvalue weighted by Crippen LogP contribution is 2.25. The summed E-state index contributed by atoms with van der Waals surface area (Å²) in [5, 5.41) is 8.21. The van der Waals surface area contributed by atoms with Gasteiger partial charge >= 0.3 is 5.97 Å². The molecule has 0 spiro atoms. The summed E-state index contributed by atoms with van der Waals surface area (Å²) >= 11 is 0. The van der Waals surface area contributed by atoms with Crippen LogP contribution in [-0.2, 0) is 4.74 Å². The van der Waals surface area contributed by atoms with Crippen LogP contribution in [0.3, 0.4) is 0 Å². The van der Waals surface area contributed by atoms with Crippen LogP contribution in [0.5, 0.6) is 5.75 Å². The molecule has 0 fully saturated rings. The number of esters is 1. The number of ether oxygens (including phenoxy) is 2. The van der Waals surface area contributed by atoms with Gasteiger partial charge in [-0.1, -0.05) is 26.2 Å². The van der Waals surface area contributed by atoms with Gasteiger partial charge in [0, 0.05) is 11.1 Å². The predicted molar refractivity (Wildman–Crippen MR) is 106 cm³/mol. The lowest BCUT2D eigenvalue weighted by Crippen LogP contribution is -2.00. The minimum atomic E-state index is -0.384. The van der Waals surface area contributed by atoms with Crippen LogP contribution in [0.2, 0.25) is 0 Å². The van der Waals surface area contributed by atoms with Crippen molar-refractivity contribution >= 4 is 5.97 Å². The van der Waals surface area contributed by atoms with E-state index in [1.165, 1.54) is 26.4 Å². The van der Waals surface area contributed by atoms with Gasteiger partial charge in [0.05, 0.1) is 19.3 Å². The van der Waals surface area contributed by atoms with Gasteiger partial charge < -0.3 is 13.9 Å². The standard InChI is InChI=1S/C22H24N2O4/c1-3-4-5-6-15-27-19-13-11-17(12-14-19)21-24-23-20(28-21)16-7-9-18(10-8-16)22(25)26-2/h7-14H,3-6,15H2,1-2H3. The van der Waals surface area contributed by atoms with Gasteiger partial charge in [-0.15, -0.1) is 10.2 Å². The summed E-state index contributed by atoms with van der Waals surface area (Å²) in [6.07, 6.45) is 4.72. The SMILES string of the molecule is CCCCCCOc1ccc(-c2nnc(-c3ccc(C(=O)OC)cc3)o2)cc1. The van der Waals surface area contributed by atoms with Crippen molar-refractivity contribution in [2.75, 3.05) is 13.7 Å². The van der Waals surface area contributed by atoms with Crippen molar-refractivity contribution in [3.05, 3.63) is 54.1 Å². The summed E-state index contributed by atoms with van der Waals surface area (Å²) < 4.78 is 16.2. The molecule has 0 aliphatic carbocycles. The van der Waals surface area contributed by atoms with Crippen LogP contribution >= 0.6 is 0 Å². The first-order valence-corrected chi connectivity index (χ1v) is 9.46. The quantitative estimate of drug-likeness (QED) is 0.377. The zero-order valence-corrected chi connectivity index (χ0v) is 16.2. The molecule has 6 nitrogen and oxygen atoms in total. The largest absolute Gasteiger partial charge is 0.494 e. The topological polar surface area (TPSA) is 74.5 Å². The Morgan fingerprint density at radius 1 is 0.893 bits per heavy atom. The van der Waals surface area contributed by atoms with Crippen molar-refractivity contribution < 1.29 is 18.7 Å². The van der Waals surface area contributed by atoms with Crippen LogP contribution in [0.1, 0.15) is 43.0 Å². The molecule has 0 aliphatic rings. The van der Waals surface area contributed by atoms with E-state index in [2.05, 4.69) is 17.1 Å². The minimum Gasteiger partial charge on any atom is -0.494 e. The summed E-state index contributed by atoms with van der Waals surface area (Å²) in [6.45, 7) is 2.92. The van der Waals surface area contributed by atoms with Crippen LogP contribution in [0.15, 0.2) is 52.9 Å². The summed E-state index contributed by atoms with van der Waals surface area (Å²) in [5.74, 6) is 1.27. The summed E-state index contributed by atoms with van der Waals surface area (Å²) in [6, 6.07) is 14.4. The molecule has 28 heavy (non-hydrogen) atoms. The maximum Gasteiger partial charge on any atom is 0.337 e. The number of benzene rings is 2. The van der Waals surface area contributed by atoms with Gasteiger partial charge in [0.25, 0.3) is 0 Å². The van der Waals surface area contributed by atoms with Crippen LogP contribution in [0.25, 0.3) is 22.9 Å². The Labute approximate surface area is 164 Å². The molecule has 0 saturated heterocycles. The fraction of sp³-hybridized carbons (Fsp3) is 0.318. The van der Waals surface area contributed by atoms with Gasteiger partial charge in [-0.05, 0) is 55.0 Å². The third-order valence-corrected chi connectivity index (χ3v) is 4.35. The summed E-state index contributed by atoms with van der Waals surface area (Å²) in [7, 11) is 1.35. The average Bonchev–Trinajstić information content (AvgIpc) is 3.24. The second-order valence-corrected chi connectivity index (χ2v) is 6.41. The van der Waals surface area contributed by atoms with E-state index in [9.17, 15) is 4.79 Å². The maximum absolute atomic E-state index is 11.5. The molecular weight excluding hydrogens is 356 g/mol. The first kappa shape index (κ1) is 19.6. The van der Waals surface area contributed by atoms with E-state index in [0.29, 0.717) is 17.3 Å². The second kappa shape index (κ2) is 9.69. The molecule has 1 heterocycles. The second-order valence-electron chi connectivity index (χ2n) is 6.41.